The first-order valence-corrected chi connectivity index (χ1v) is 9.13. The molecule has 0 atom stereocenters. The fraction of sp³-hybridized carbons (Fsp3) is 0.0769. The van der Waals surface area contributed by atoms with Gasteiger partial charge in [0.05, 0.1) is 0 Å². The average molecular weight is 332 g/mol. The van der Waals surface area contributed by atoms with Crippen molar-refractivity contribution < 1.29 is 0 Å². The molecule has 0 unspecified atom stereocenters. The fourth-order valence-corrected chi connectivity index (χ4v) is 4.12. The molecule has 0 nitrogen and oxygen atoms in total. The van der Waals surface area contributed by atoms with Crippen molar-refractivity contribution in [3.05, 3.63) is 96.1 Å². The molecule has 0 N–H and O–H groups in total. The van der Waals surface area contributed by atoms with Crippen LogP contribution < -0.4 is 0 Å². The number of hydrogen-bond acceptors (Lipinski definition) is 0. The van der Waals surface area contributed by atoms with Gasteiger partial charge in [0.1, 0.15) is 0 Å². The molecule has 0 aliphatic heterocycles. The number of fused-ring (bicyclic) bond motifs is 4. The second-order valence-corrected chi connectivity index (χ2v) is 7.17. The molecule has 5 aromatic carbocycles. The van der Waals surface area contributed by atoms with Crippen LogP contribution in [0.4, 0.5) is 0 Å². The first-order chi connectivity index (χ1) is 12.7. The maximum atomic E-state index is 2.35. The summed E-state index contributed by atoms with van der Waals surface area (Å²) in [5, 5.41) is 7.90. The standard InChI is InChI=1S/C26H20/c1-17-11-12-18(2)24(15-17)26-22-10-6-4-8-20(22)16-25-21-9-5-3-7-19(21)13-14-23(25)26/h3-16H,1-2H3. The Hall–Kier alpha value is -3.12. The fourth-order valence-electron chi connectivity index (χ4n) is 4.12. The van der Waals surface area contributed by atoms with E-state index in [0.29, 0.717) is 0 Å². The molecule has 124 valence electrons. The van der Waals surface area contributed by atoms with Crippen LogP contribution in [0.5, 0.6) is 0 Å². The molecule has 0 aliphatic carbocycles. The van der Waals surface area contributed by atoms with E-state index in [2.05, 4.69) is 98.8 Å². The van der Waals surface area contributed by atoms with Gasteiger partial charge in [-0.25, -0.2) is 0 Å². The minimum Gasteiger partial charge on any atom is -0.0616 e. The zero-order chi connectivity index (χ0) is 17.7. The lowest BCUT2D eigenvalue weighted by atomic mass is 9.88. The van der Waals surface area contributed by atoms with Gasteiger partial charge < -0.3 is 0 Å². The van der Waals surface area contributed by atoms with Crippen molar-refractivity contribution in [1.29, 1.82) is 0 Å². The highest BCUT2D eigenvalue weighted by Crippen LogP contribution is 2.40. The lowest BCUT2D eigenvalue weighted by molar-refractivity contribution is 1.40. The number of hydrogen-bond donors (Lipinski definition) is 0. The lowest BCUT2D eigenvalue weighted by Gasteiger charge is -2.16. The van der Waals surface area contributed by atoms with E-state index in [4.69, 9.17) is 0 Å². The maximum absolute atomic E-state index is 2.35. The largest absolute Gasteiger partial charge is 0.0616 e. The molecule has 0 heteroatoms. The maximum Gasteiger partial charge on any atom is -0.00238 e. The number of rotatable bonds is 1. The van der Waals surface area contributed by atoms with Crippen molar-refractivity contribution in [2.24, 2.45) is 0 Å². The van der Waals surface area contributed by atoms with E-state index in [1.807, 2.05) is 0 Å². The first kappa shape index (κ1) is 15.2. The van der Waals surface area contributed by atoms with Gasteiger partial charge in [-0.05, 0) is 68.9 Å². The van der Waals surface area contributed by atoms with E-state index in [-0.39, 0.29) is 0 Å². The minimum absolute atomic E-state index is 1.29. The molecule has 0 amide bonds. The second kappa shape index (κ2) is 5.71. The normalized spacial score (nSPS) is 11.5. The summed E-state index contributed by atoms with van der Waals surface area (Å²) in [7, 11) is 0. The van der Waals surface area contributed by atoms with Gasteiger partial charge in [-0.15, -0.1) is 0 Å². The van der Waals surface area contributed by atoms with E-state index in [1.54, 1.807) is 0 Å². The number of benzene rings is 5. The zero-order valence-electron chi connectivity index (χ0n) is 15.1. The summed E-state index contributed by atoms with van der Waals surface area (Å²) in [6.07, 6.45) is 0. The van der Waals surface area contributed by atoms with Gasteiger partial charge >= 0.3 is 0 Å². The molecule has 0 spiro atoms. The zero-order valence-corrected chi connectivity index (χ0v) is 15.1. The van der Waals surface area contributed by atoms with Gasteiger partial charge in [-0.3, -0.25) is 0 Å². The van der Waals surface area contributed by atoms with Gasteiger partial charge in [-0.2, -0.15) is 0 Å². The average Bonchev–Trinajstić information content (AvgIpc) is 2.68. The van der Waals surface area contributed by atoms with Crippen LogP contribution in [0.3, 0.4) is 0 Å². The first-order valence-electron chi connectivity index (χ1n) is 9.13. The minimum atomic E-state index is 1.29. The van der Waals surface area contributed by atoms with Crippen LogP contribution in [-0.4, -0.2) is 0 Å². The molecule has 0 fully saturated rings. The molecule has 0 radical (unpaired) electrons. The Labute approximate surface area is 153 Å². The quantitative estimate of drug-likeness (QED) is 0.221. The molecule has 0 bridgehead atoms. The molecule has 0 saturated carbocycles. The SMILES string of the molecule is Cc1ccc(C)c(-c2c3ccccc3cc3c2ccc2ccccc23)c1. The number of aryl methyl sites for hydroxylation is 2. The van der Waals surface area contributed by atoms with Gasteiger partial charge in [0.2, 0.25) is 0 Å². The third-order valence-electron chi connectivity index (χ3n) is 5.43. The van der Waals surface area contributed by atoms with Crippen LogP contribution in [0.15, 0.2) is 84.9 Å². The third kappa shape index (κ3) is 2.23. The van der Waals surface area contributed by atoms with Crippen LogP contribution in [-0.2, 0) is 0 Å². The van der Waals surface area contributed by atoms with Crippen LogP contribution in [0.2, 0.25) is 0 Å². The third-order valence-corrected chi connectivity index (χ3v) is 5.43. The van der Waals surface area contributed by atoms with Crippen molar-refractivity contribution in [2.75, 3.05) is 0 Å². The lowest BCUT2D eigenvalue weighted by Crippen LogP contribution is -1.90. The summed E-state index contributed by atoms with van der Waals surface area (Å²) in [5.41, 5.74) is 5.31. The van der Waals surface area contributed by atoms with Gasteiger partial charge in [-0.1, -0.05) is 84.4 Å². The molecule has 5 rings (SSSR count). The molecular weight excluding hydrogens is 312 g/mol. The molecule has 0 aliphatic rings. The van der Waals surface area contributed by atoms with Gasteiger partial charge in [0.25, 0.3) is 0 Å². The van der Waals surface area contributed by atoms with Crippen LogP contribution in [0.1, 0.15) is 11.1 Å². The van der Waals surface area contributed by atoms with E-state index in [1.165, 1.54) is 54.6 Å². The van der Waals surface area contributed by atoms with Crippen molar-refractivity contribution >= 4 is 32.3 Å². The summed E-state index contributed by atoms with van der Waals surface area (Å²) in [6, 6.07) is 31.1. The van der Waals surface area contributed by atoms with E-state index >= 15 is 0 Å². The Morgan fingerprint density at radius 3 is 2.08 bits per heavy atom. The Morgan fingerprint density at radius 2 is 1.23 bits per heavy atom. The second-order valence-electron chi connectivity index (χ2n) is 7.17. The summed E-state index contributed by atoms with van der Waals surface area (Å²) >= 11 is 0. The predicted octanol–water partition coefficient (Wildman–Crippen LogP) is 7.43. The van der Waals surface area contributed by atoms with Crippen molar-refractivity contribution in [1.82, 2.24) is 0 Å². The molecular formula is C26H20. The monoisotopic (exact) mass is 332 g/mol. The molecule has 0 aromatic heterocycles. The Morgan fingerprint density at radius 1 is 0.500 bits per heavy atom. The highest BCUT2D eigenvalue weighted by molar-refractivity contribution is 6.20. The van der Waals surface area contributed by atoms with Crippen LogP contribution >= 0.6 is 0 Å². The Balaban J connectivity index is 2.05. The van der Waals surface area contributed by atoms with Gasteiger partial charge in [0, 0.05) is 0 Å². The summed E-state index contributed by atoms with van der Waals surface area (Å²) in [6.45, 7) is 4.38. The molecule has 0 saturated heterocycles. The summed E-state index contributed by atoms with van der Waals surface area (Å²) < 4.78 is 0. The highest BCUT2D eigenvalue weighted by atomic mass is 14.2. The van der Waals surface area contributed by atoms with Crippen molar-refractivity contribution in [3.8, 4) is 11.1 Å². The van der Waals surface area contributed by atoms with Gasteiger partial charge in [0.15, 0.2) is 0 Å². The van der Waals surface area contributed by atoms with E-state index < -0.39 is 0 Å². The van der Waals surface area contributed by atoms with E-state index in [9.17, 15) is 0 Å². The summed E-state index contributed by atoms with van der Waals surface area (Å²) in [4.78, 5) is 0. The van der Waals surface area contributed by atoms with Crippen molar-refractivity contribution in [2.45, 2.75) is 13.8 Å². The molecule has 0 heterocycles. The Bertz CT molecular complexity index is 1290. The van der Waals surface area contributed by atoms with Crippen LogP contribution in [0.25, 0.3) is 43.4 Å². The highest BCUT2D eigenvalue weighted by Gasteiger charge is 2.13. The topological polar surface area (TPSA) is 0 Å². The van der Waals surface area contributed by atoms with Crippen molar-refractivity contribution in [3.63, 3.8) is 0 Å². The Kier molecular flexibility index (Phi) is 3.33. The smallest absolute Gasteiger partial charge is 0.00238 e. The molecule has 5 aromatic rings. The predicted molar refractivity (Wildman–Crippen MR) is 114 cm³/mol. The summed E-state index contributed by atoms with van der Waals surface area (Å²) in [5.74, 6) is 0. The van der Waals surface area contributed by atoms with E-state index in [0.717, 1.165) is 0 Å². The molecule has 26 heavy (non-hydrogen) atoms. The van der Waals surface area contributed by atoms with Crippen LogP contribution in [0, 0.1) is 13.8 Å².